The van der Waals surface area contributed by atoms with E-state index in [1.165, 1.54) is 12.8 Å². The minimum atomic E-state index is 0.185. The third-order valence-corrected chi connectivity index (χ3v) is 3.84. The van der Waals surface area contributed by atoms with Gasteiger partial charge in [0.05, 0.1) is 4.99 Å². The summed E-state index contributed by atoms with van der Waals surface area (Å²) in [5.41, 5.74) is 5.43. The number of thiocarbonyl (C=S) groups is 1. The third kappa shape index (κ3) is 5.78. The summed E-state index contributed by atoms with van der Waals surface area (Å²) in [5, 5.41) is 0. The molecule has 0 aromatic heterocycles. The van der Waals surface area contributed by atoms with Crippen LogP contribution in [0.4, 0.5) is 0 Å². The Morgan fingerprint density at radius 3 is 2.56 bits per heavy atom. The molecular weight excluding hydrogens is 246 g/mol. The van der Waals surface area contributed by atoms with E-state index in [9.17, 15) is 4.79 Å². The Bertz CT molecular complexity index is 288. The van der Waals surface area contributed by atoms with Gasteiger partial charge in [0.15, 0.2) is 0 Å². The zero-order valence-corrected chi connectivity index (χ0v) is 12.3. The van der Waals surface area contributed by atoms with E-state index in [-0.39, 0.29) is 5.91 Å². The van der Waals surface area contributed by atoms with Gasteiger partial charge in [-0.2, -0.15) is 0 Å². The predicted octanol–water partition coefficient (Wildman–Crippen LogP) is 1.24. The molecule has 0 saturated carbocycles. The standard InChI is InChI=1S/C13H25N3OS/c1-11-3-8-16(9-4-11)10-6-13(17)15(2)7-5-12(14)18/h11H,3-10H2,1-2H3,(H2,14,18). The van der Waals surface area contributed by atoms with Crippen molar-refractivity contribution < 1.29 is 4.79 Å². The van der Waals surface area contributed by atoms with Crippen LogP contribution in [0.2, 0.25) is 0 Å². The smallest absolute Gasteiger partial charge is 0.223 e. The largest absolute Gasteiger partial charge is 0.393 e. The molecule has 0 aromatic rings. The van der Waals surface area contributed by atoms with Crippen LogP contribution < -0.4 is 5.73 Å². The summed E-state index contributed by atoms with van der Waals surface area (Å²) in [5.74, 6) is 1.02. The minimum absolute atomic E-state index is 0.185. The molecule has 104 valence electrons. The monoisotopic (exact) mass is 271 g/mol. The molecule has 4 nitrogen and oxygen atoms in total. The molecule has 0 atom stereocenters. The van der Waals surface area contributed by atoms with Gasteiger partial charge >= 0.3 is 0 Å². The van der Waals surface area contributed by atoms with E-state index in [4.69, 9.17) is 18.0 Å². The van der Waals surface area contributed by atoms with Gasteiger partial charge < -0.3 is 15.5 Å². The van der Waals surface area contributed by atoms with Crippen molar-refractivity contribution in [2.24, 2.45) is 11.7 Å². The lowest BCUT2D eigenvalue weighted by Crippen LogP contribution is -2.37. The van der Waals surface area contributed by atoms with Gasteiger partial charge in [-0.05, 0) is 31.8 Å². The van der Waals surface area contributed by atoms with Crippen LogP contribution in [0.25, 0.3) is 0 Å². The first-order chi connectivity index (χ1) is 8.49. The molecule has 0 bridgehead atoms. The summed E-state index contributed by atoms with van der Waals surface area (Å²) in [6, 6.07) is 0. The summed E-state index contributed by atoms with van der Waals surface area (Å²) >= 11 is 4.81. The number of likely N-dealkylation sites (tertiary alicyclic amines) is 1. The van der Waals surface area contributed by atoms with Gasteiger partial charge in [-0.25, -0.2) is 0 Å². The number of rotatable bonds is 6. The molecule has 0 spiro atoms. The van der Waals surface area contributed by atoms with Gasteiger partial charge in [-0.3, -0.25) is 4.79 Å². The lowest BCUT2D eigenvalue weighted by Gasteiger charge is -2.30. The molecule has 0 aromatic carbocycles. The van der Waals surface area contributed by atoms with Crippen LogP contribution in [0, 0.1) is 5.92 Å². The molecular formula is C13H25N3OS. The van der Waals surface area contributed by atoms with Crippen LogP contribution >= 0.6 is 12.2 Å². The molecule has 1 fully saturated rings. The molecule has 1 heterocycles. The Morgan fingerprint density at radius 2 is 2.00 bits per heavy atom. The van der Waals surface area contributed by atoms with E-state index in [0.29, 0.717) is 24.4 Å². The summed E-state index contributed by atoms with van der Waals surface area (Å²) < 4.78 is 0. The second-order valence-corrected chi connectivity index (χ2v) is 5.83. The number of carbonyl (C=O) groups excluding carboxylic acids is 1. The zero-order chi connectivity index (χ0) is 13.5. The second kappa shape index (κ2) is 7.69. The fourth-order valence-electron chi connectivity index (χ4n) is 2.13. The number of nitrogens with zero attached hydrogens (tertiary/aromatic N) is 2. The lowest BCUT2D eigenvalue weighted by atomic mass is 9.99. The van der Waals surface area contributed by atoms with Crippen LogP contribution in [-0.2, 0) is 4.79 Å². The van der Waals surface area contributed by atoms with Gasteiger partial charge in [0.1, 0.15) is 0 Å². The van der Waals surface area contributed by atoms with Crippen molar-refractivity contribution in [3.05, 3.63) is 0 Å². The van der Waals surface area contributed by atoms with Crippen LogP contribution in [-0.4, -0.2) is 53.9 Å². The maximum Gasteiger partial charge on any atom is 0.223 e. The molecule has 0 aliphatic carbocycles. The molecule has 5 heteroatoms. The van der Waals surface area contributed by atoms with Crippen LogP contribution in [0.5, 0.6) is 0 Å². The highest BCUT2D eigenvalue weighted by atomic mass is 32.1. The first kappa shape index (κ1) is 15.4. The summed E-state index contributed by atoms with van der Waals surface area (Å²) in [6.07, 6.45) is 3.72. The fourth-order valence-corrected chi connectivity index (χ4v) is 2.22. The zero-order valence-electron chi connectivity index (χ0n) is 11.5. The van der Waals surface area contributed by atoms with E-state index in [1.54, 1.807) is 4.90 Å². The van der Waals surface area contributed by atoms with Gasteiger partial charge in [0.2, 0.25) is 5.91 Å². The number of hydrogen-bond acceptors (Lipinski definition) is 3. The van der Waals surface area contributed by atoms with E-state index in [0.717, 1.165) is 25.6 Å². The Morgan fingerprint density at radius 1 is 1.39 bits per heavy atom. The average Bonchev–Trinajstić information content (AvgIpc) is 2.34. The quantitative estimate of drug-likeness (QED) is 0.739. The SMILES string of the molecule is CC1CCN(CCC(=O)N(C)CCC(N)=S)CC1. The Kier molecular flexibility index (Phi) is 6.57. The third-order valence-electron chi connectivity index (χ3n) is 3.64. The molecule has 0 radical (unpaired) electrons. The molecule has 18 heavy (non-hydrogen) atoms. The second-order valence-electron chi connectivity index (χ2n) is 5.31. The van der Waals surface area contributed by atoms with Crippen LogP contribution in [0.1, 0.15) is 32.6 Å². The summed E-state index contributed by atoms with van der Waals surface area (Å²) in [6.45, 7) is 6.07. The topological polar surface area (TPSA) is 49.6 Å². The maximum absolute atomic E-state index is 11.9. The number of piperidine rings is 1. The molecule has 1 aliphatic heterocycles. The van der Waals surface area contributed by atoms with Crippen LogP contribution in [0.15, 0.2) is 0 Å². The highest BCUT2D eigenvalue weighted by Gasteiger charge is 2.17. The summed E-state index contributed by atoms with van der Waals surface area (Å²) in [7, 11) is 1.82. The van der Waals surface area contributed by atoms with Crippen molar-refractivity contribution in [1.82, 2.24) is 9.80 Å². The highest BCUT2D eigenvalue weighted by Crippen LogP contribution is 2.15. The number of hydrogen-bond donors (Lipinski definition) is 1. The first-order valence-corrected chi connectivity index (χ1v) is 7.14. The molecule has 0 unspecified atom stereocenters. The lowest BCUT2D eigenvalue weighted by molar-refractivity contribution is -0.130. The minimum Gasteiger partial charge on any atom is -0.393 e. The molecule has 1 saturated heterocycles. The number of carbonyl (C=O) groups is 1. The Balaban J connectivity index is 2.17. The van der Waals surface area contributed by atoms with E-state index in [2.05, 4.69) is 11.8 Å². The normalized spacial score (nSPS) is 17.7. The Hall–Kier alpha value is -0.680. The molecule has 1 amide bonds. The fraction of sp³-hybridized carbons (Fsp3) is 0.846. The Labute approximate surface area is 115 Å². The van der Waals surface area contributed by atoms with Crippen molar-refractivity contribution in [1.29, 1.82) is 0 Å². The summed E-state index contributed by atoms with van der Waals surface area (Å²) in [4.78, 5) is 16.5. The van der Waals surface area contributed by atoms with Crippen molar-refractivity contribution in [3.8, 4) is 0 Å². The van der Waals surface area contributed by atoms with Crippen molar-refractivity contribution in [3.63, 3.8) is 0 Å². The number of nitrogens with two attached hydrogens (primary N) is 1. The first-order valence-electron chi connectivity index (χ1n) is 6.73. The van der Waals surface area contributed by atoms with Gasteiger partial charge in [-0.1, -0.05) is 19.1 Å². The van der Waals surface area contributed by atoms with Crippen molar-refractivity contribution in [2.45, 2.75) is 32.6 Å². The predicted molar refractivity (Wildman–Crippen MR) is 78.5 cm³/mol. The van der Waals surface area contributed by atoms with E-state index < -0.39 is 0 Å². The highest BCUT2D eigenvalue weighted by molar-refractivity contribution is 7.80. The van der Waals surface area contributed by atoms with Crippen LogP contribution in [0.3, 0.4) is 0 Å². The number of amides is 1. The van der Waals surface area contributed by atoms with Crippen molar-refractivity contribution >= 4 is 23.1 Å². The van der Waals surface area contributed by atoms with Gasteiger partial charge in [-0.15, -0.1) is 0 Å². The molecule has 1 rings (SSSR count). The molecule has 2 N–H and O–H groups in total. The van der Waals surface area contributed by atoms with E-state index >= 15 is 0 Å². The maximum atomic E-state index is 11.9. The van der Waals surface area contributed by atoms with Gasteiger partial charge in [0.25, 0.3) is 0 Å². The van der Waals surface area contributed by atoms with Crippen molar-refractivity contribution in [2.75, 3.05) is 33.2 Å². The average molecular weight is 271 g/mol. The van der Waals surface area contributed by atoms with E-state index in [1.807, 2.05) is 7.05 Å². The molecule has 1 aliphatic rings. The van der Waals surface area contributed by atoms with Gasteiger partial charge in [0, 0.05) is 33.0 Å².